The number of nitrogens with one attached hydrogen (secondary N) is 1. The molecule has 5 nitrogen and oxygen atoms in total. The number of amides is 1. The van der Waals surface area contributed by atoms with Crippen LogP contribution in [0.4, 0.5) is 0 Å². The Morgan fingerprint density at radius 3 is 3.25 bits per heavy atom. The fraction of sp³-hybridized carbons (Fsp3) is 0.571. The monoisotopic (exact) mass is 342 g/mol. The first-order valence-electron chi connectivity index (χ1n) is 6.85. The molecule has 1 N–H and O–H groups in total. The van der Waals surface area contributed by atoms with Gasteiger partial charge in [-0.3, -0.25) is 4.79 Å². The Morgan fingerprint density at radius 1 is 1.60 bits per heavy atom. The highest BCUT2D eigenvalue weighted by Gasteiger charge is 2.15. The maximum absolute atomic E-state index is 11.9. The van der Waals surface area contributed by atoms with E-state index in [1.54, 1.807) is 18.3 Å². The zero-order chi connectivity index (χ0) is 14.2. The third-order valence-electron chi connectivity index (χ3n) is 3.08. The number of halogens is 1. The highest BCUT2D eigenvalue weighted by Crippen LogP contribution is 2.12. The van der Waals surface area contributed by atoms with Crippen molar-refractivity contribution in [2.45, 2.75) is 25.4 Å². The van der Waals surface area contributed by atoms with Crippen LogP contribution >= 0.6 is 15.9 Å². The molecule has 1 aromatic rings. The van der Waals surface area contributed by atoms with E-state index in [1.165, 1.54) is 0 Å². The number of carbonyl (C=O) groups excluding carboxylic acids is 1. The van der Waals surface area contributed by atoms with Gasteiger partial charge in [-0.2, -0.15) is 0 Å². The average Bonchev–Trinajstić information content (AvgIpc) is 2.96. The number of rotatable bonds is 7. The minimum Gasteiger partial charge on any atom is -0.379 e. The van der Waals surface area contributed by atoms with Gasteiger partial charge >= 0.3 is 0 Å². The second-order valence-electron chi connectivity index (χ2n) is 4.66. The van der Waals surface area contributed by atoms with Gasteiger partial charge in [0.1, 0.15) is 4.60 Å². The molecule has 1 amide bonds. The van der Waals surface area contributed by atoms with Gasteiger partial charge in [0.15, 0.2) is 0 Å². The van der Waals surface area contributed by atoms with E-state index in [9.17, 15) is 4.79 Å². The van der Waals surface area contributed by atoms with Gasteiger partial charge < -0.3 is 14.8 Å². The molecule has 2 rings (SSSR count). The van der Waals surface area contributed by atoms with Crippen molar-refractivity contribution in [3.8, 4) is 0 Å². The predicted molar refractivity (Wildman–Crippen MR) is 78.7 cm³/mol. The van der Waals surface area contributed by atoms with Crippen LogP contribution in [0.2, 0.25) is 0 Å². The summed E-state index contributed by atoms with van der Waals surface area (Å²) in [5, 5.41) is 2.85. The molecule has 0 spiro atoms. The third kappa shape index (κ3) is 4.85. The van der Waals surface area contributed by atoms with Gasteiger partial charge in [0.25, 0.3) is 5.91 Å². The van der Waals surface area contributed by atoms with Crippen molar-refractivity contribution in [1.82, 2.24) is 10.3 Å². The summed E-state index contributed by atoms with van der Waals surface area (Å²) in [7, 11) is 0. The molecule has 110 valence electrons. The zero-order valence-electron chi connectivity index (χ0n) is 11.3. The van der Waals surface area contributed by atoms with Crippen molar-refractivity contribution in [2.24, 2.45) is 0 Å². The third-order valence-corrected chi connectivity index (χ3v) is 3.71. The number of hydrogen-bond acceptors (Lipinski definition) is 4. The van der Waals surface area contributed by atoms with E-state index in [4.69, 9.17) is 9.47 Å². The summed E-state index contributed by atoms with van der Waals surface area (Å²) in [6.07, 6.45) is 4.90. The van der Waals surface area contributed by atoms with Crippen molar-refractivity contribution < 1.29 is 14.3 Å². The number of ether oxygens (including phenoxy) is 2. The molecule has 1 unspecified atom stereocenters. The molecule has 0 saturated carbocycles. The highest BCUT2D eigenvalue weighted by atomic mass is 79.9. The Morgan fingerprint density at radius 2 is 2.50 bits per heavy atom. The largest absolute Gasteiger partial charge is 0.379 e. The van der Waals surface area contributed by atoms with E-state index in [0.717, 1.165) is 25.9 Å². The Hall–Kier alpha value is -0.980. The molecular weight excluding hydrogens is 324 g/mol. The van der Waals surface area contributed by atoms with Crippen LogP contribution in [0.3, 0.4) is 0 Å². The van der Waals surface area contributed by atoms with E-state index in [-0.39, 0.29) is 12.0 Å². The van der Waals surface area contributed by atoms with Gasteiger partial charge in [-0.25, -0.2) is 4.98 Å². The Labute approximate surface area is 127 Å². The van der Waals surface area contributed by atoms with Crippen LogP contribution in [0.1, 0.15) is 29.6 Å². The molecule has 1 aromatic heterocycles. The first-order valence-corrected chi connectivity index (χ1v) is 7.65. The summed E-state index contributed by atoms with van der Waals surface area (Å²) < 4.78 is 11.6. The van der Waals surface area contributed by atoms with Crippen molar-refractivity contribution >= 4 is 21.8 Å². The lowest BCUT2D eigenvalue weighted by atomic mass is 10.2. The second kappa shape index (κ2) is 8.34. The lowest BCUT2D eigenvalue weighted by Crippen LogP contribution is -2.26. The van der Waals surface area contributed by atoms with Gasteiger partial charge in [0.2, 0.25) is 0 Å². The normalized spacial score (nSPS) is 18.1. The van der Waals surface area contributed by atoms with Crippen LogP contribution in [-0.2, 0) is 9.47 Å². The fourth-order valence-corrected chi connectivity index (χ4v) is 2.45. The van der Waals surface area contributed by atoms with Crippen LogP contribution in [0.5, 0.6) is 0 Å². The molecule has 6 heteroatoms. The number of hydrogen-bond donors (Lipinski definition) is 1. The van der Waals surface area contributed by atoms with Gasteiger partial charge in [-0.05, 0) is 47.3 Å². The summed E-state index contributed by atoms with van der Waals surface area (Å²) in [5.74, 6) is -0.121. The van der Waals surface area contributed by atoms with Crippen LogP contribution in [-0.4, -0.2) is 43.4 Å². The van der Waals surface area contributed by atoms with E-state index in [2.05, 4.69) is 26.2 Å². The zero-order valence-corrected chi connectivity index (χ0v) is 12.9. The van der Waals surface area contributed by atoms with Gasteiger partial charge in [0, 0.05) is 26.0 Å². The van der Waals surface area contributed by atoms with Gasteiger partial charge in [-0.1, -0.05) is 0 Å². The quantitative estimate of drug-likeness (QED) is 0.609. The van der Waals surface area contributed by atoms with Gasteiger partial charge in [0.05, 0.1) is 18.3 Å². The summed E-state index contributed by atoms with van der Waals surface area (Å²) in [4.78, 5) is 15.9. The fourth-order valence-electron chi connectivity index (χ4n) is 2.02. The molecule has 1 aliphatic rings. The summed E-state index contributed by atoms with van der Waals surface area (Å²) in [5.41, 5.74) is 0.549. The van der Waals surface area contributed by atoms with Gasteiger partial charge in [-0.15, -0.1) is 0 Å². The van der Waals surface area contributed by atoms with Crippen molar-refractivity contribution in [3.63, 3.8) is 0 Å². The minimum absolute atomic E-state index is 0.121. The predicted octanol–water partition coefficient (Wildman–Crippen LogP) is 2.16. The van der Waals surface area contributed by atoms with Crippen LogP contribution in [0.15, 0.2) is 22.9 Å². The minimum atomic E-state index is -0.121. The maximum Gasteiger partial charge on any atom is 0.254 e. The Bertz CT molecular complexity index is 436. The first kappa shape index (κ1) is 15.4. The van der Waals surface area contributed by atoms with Crippen molar-refractivity contribution in [2.75, 3.05) is 26.4 Å². The van der Waals surface area contributed by atoms with E-state index in [1.807, 2.05) is 0 Å². The second-order valence-corrected chi connectivity index (χ2v) is 5.41. The molecule has 2 heterocycles. The smallest absolute Gasteiger partial charge is 0.254 e. The van der Waals surface area contributed by atoms with Crippen molar-refractivity contribution in [1.29, 1.82) is 0 Å². The summed E-state index contributed by atoms with van der Waals surface area (Å²) in [6.45, 7) is 2.73. The number of pyridine rings is 1. The molecule has 20 heavy (non-hydrogen) atoms. The topological polar surface area (TPSA) is 60.5 Å². The van der Waals surface area contributed by atoms with Crippen molar-refractivity contribution in [3.05, 3.63) is 28.5 Å². The molecule has 0 radical (unpaired) electrons. The standard InChI is InChI=1S/C14H19BrN2O3/c15-13-12(5-1-6-16-13)14(18)17-7-3-8-19-10-11-4-2-9-20-11/h1,5-6,11H,2-4,7-10H2,(H,17,18). The summed E-state index contributed by atoms with van der Waals surface area (Å²) >= 11 is 3.26. The van der Waals surface area contributed by atoms with E-state index < -0.39 is 0 Å². The van der Waals surface area contributed by atoms with Crippen LogP contribution in [0, 0.1) is 0 Å². The Kier molecular flexibility index (Phi) is 6.42. The lowest BCUT2D eigenvalue weighted by molar-refractivity contribution is 0.0166. The molecular formula is C14H19BrN2O3. The average molecular weight is 343 g/mol. The molecule has 0 bridgehead atoms. The van der Waals surface area contributed by atoms with Crippen LogP contribution in [0.25, 0.3) is 0 Å². The lowest BCUT2D eigenvalue weighted by Gasteiger charge is -2.10. The summed E-state index contributed by atoms with van der Waals surface area (Å²) in [6, 6.07) is 3.48. The van der Waals surface area contributed by atoms with E-state index in [0.29, 0.717) is 29.9 Å². The number of nitrogens with zero attached hydrogens (tertiary/aromatic N) is 1. The number of carbonyl (C=O) groups is 1. The van der Waals surface area contributed by atoms with Crippen LogP contribution < -0.4 is 5.32 Å². The molecule has 1 saturated heterocycles. The molecule has 0 aromatic carbocycles. The molecule has 1 fully saturated rings. The molecule has 1 atom stereocenters. The highest BCUT2D eigenvalue weighted by molar-refractivity contribution is 9.10. The maximum atomic E-state index is 11.9. The SMILES string of the molecule is O=C(NCCCOCC1CCCO1)c1cccnc1Br. The molecule has 0 aliphatic carbocycles. The Balaban J connectivity index is 1.56. The van der Waals surface area contributed by atoms with E-state index >= 15 is 0 Å². The first-order chi connectivity index (χ1) is 9.77. The number of aromatic nitrogens is 1. The molecule has 1 aliphatic heterocycles.